The molecule has 0 N–H and O–H groups in total. The highest BCUT2D eigenvalue weighted by Crippen LogP contribution is 2.43. The van der Waals surface area contributed by atoms with Crippen molar-refractivity contribution in [3.8, 4) is 5.75 Å². The molecule has 0 saturated heterocycles. The standard InChI is InChI=1S/C17H18O4/c1-3-21-17(19)15-9-14-12(16(15)18)7-5-10-4-6-11(20-2)8-13(10)14/h4,6,8,15H,3,5,7,9H2,1-2H3. The first-order chi connectivity index (χ1) is 10.2. The molecule has 2 aliphatic rings. The van der Waals surface area contributed by atoms with Crippen molar-refractivity contribution in [2.45, 2.75) is 26.2 Å². The maximum atomic E-state index is 12.4. The van der Waals surface area contributed by atoms with Gasteiger partial charge < -0.3 is 9.47 Å². The summed E-state index contributed by atoms with van der Waals surface area (Å²) >= 11 is 0. The SMILES string of the molecule is CCOC(=O)C1CC2=C(CCc3ccc(OC)cc32)C1=O. The van der Waals surface area contributed by atoms with Crippen LogP contribution in [0.4, 0.5) is 0 Å². The lowest BCUT2D eigenvalue weighted by atomic mass is 9.87. The lowest BCUT2D eigenvalue weighted by Crippen LogP contribution is -2.23. The van der Waals surface area contributed by atoms with Crippen molar-refractivity contribution < 1.29 is 19.1 Å². The highest BCUT2D eigenvalue weighted by atomic mass is 16.5. The van der Waals surface area contributed by atoms with E-state index in [0.29, 0.717) is 19.4 Å². The first kappa shape index (κ1) is 13.9. The van der Waals surface area contributed by atoms with Gasteiger partial charge in [0.1, 0.15) is 11.7 Å². The van der Waals surface area contributed by atoms with Crippen molar-refractivity contribution >= 4 is 17.3 Å². The van der Waals surface area contributed by atoms with Gasteiger partial charge >= 0.3 is 5.97 Å². The highest BCUT2D eigenvalue weighted by molar-refractivity contribution is 6.17. The maximum Gasteiger partial charge on any atom is 0.317 e. The lowest BCUT2D eigenvalue weighted by molar-refractivity contribution is -0.150. The number of ether oxygens (including phenoxy) is 2. The number of aryl methyl sites for hydroxylation is 1. The summed E-state index contributed by atoms with van der Waals surface area (Å²) in [5, 5.41) is 0. The van der Waals surface area contributed by atoms with E-state index >= 15 is 0 Å². The fraction of sp³-hybridized carbons (Fsp3) is 0.412. The Bertz CT molecular complexity index is 642. The van der Waals surface area contributed by atoms with Crippen LogP contribution in [0.15, 0.2) is 23.8 Å². The van der Waals surface area contributed by atoms with Gasteiger partial charge in [-0.15, -0.1) is 0 Å². The van der Waals surface area contributed by atoms with Gasteiger partial charge in [0, 0.05) is 5.57 Å². The molecule has 0 spiro atoms. The molecule has 0 radical (unpaired) electrons. The van der Waals surface area contributed by atoms with E-state index in [1.165, 1.54) is 5.56 Å². The van der Waals surface area contributed by atoms with Crippen LogP contribution in [0.3, 0.4) is 0 Å². The Balaban J connectivity index is 1.96. The summed E-state index contributed by atoms with van der Waals surface area (Å²) in [6.45, 7) is 2.06. The highest BCUT2D eigenvalue weighted by Gasteiger charge is 2.40. The van der Waals surface area contributed by atoms with Crippen molar-refractivity contribution in [3.63, 3.8) is 0 Å². The largest absolute Gasteiger partial charge is 0.497 e. The van der Waals surface area contributed by atoms with Gasteiger partial charge in [-0.05, 0) is 55.0 Å². The topological polar surface area (TPSA) is 52.6 Å². The number of hydrogen-bond donors (Lipinski definition) is 0. The van der Waals surface area contributed by atoms with Gasteiger partial charge in [0.25, 0.3) is 0 Å². The number of Topliss-reactive ketones (excluding diaryl/α,β-unsaturated/α-hetero) is 1. The summed E-state index contributed by atoms with van der Waals surface area (Å²) in [5.41, 5.74) is 4.06. The molecule has 0 aliphatic heterocycles. The summed E-state index contributed by atoms with van der Waals surface area (Å²) in [5.74, 6) is -0.347. The predicted molar refractivity (Wildman–Crippen MR) is 78.0 cm³/mol. The van der Waals surface area contributed by atoms with Gasteiger partial charge in [-0.25, -0.2) is 0 Å². The van der Waals surface area contributed by atoms with Crippen LogP contribution >= 0.6 is 0 Å². The average molecular weight is 286 g/mol. The van der Waals surface area contributed by atoms with Gasteiger partial charge in [-0.3, -0.25) is 9.59 Å². The van der Waals surface area contributed by atoms with E-state index in [0.717, 1.165) is 28.9 Å². The Morgan fingerprint density at radius 3 is 2.81 bits per heavy atom. The summed E-state index contributed by atoms with van der Waals surface area (Å²) < 4.78 is 10.3. The van der Waals surface area contributed by atoms with E-state index in [1.807, 2.05) is 18.2 Å². The lowest BCUT2D eigenvalue weighted by Gasteiger charge is -2.18. The number of carbonyl (C=O) groups is 2. The number of fused-ring (bicyclic) bond motifs is 2. The summed E-state index contributed by atoms with van der Waals surface area (Å²) in [4.78, 5) is 24.4. The molecule has 0 amide bonds. The Labute approximate surface area is 123 Å². The number of carbonyl (C=O) groups excluding carboxylic acids is 2. The molecular formula is C17H18O4. The quantitative estimate of drug-likeness (QED) is 0.633. The van der Waals surface area contributed by atoms with Crippen LogP contribution in [-0.4, -0.2) is 25.5 Å². The van der Waals surface area contributed by atoms with Crippen molar-refractivity contribution in [3.05, 3.63) is 34.9 Å². The second-order valence-electron chi connectivity index (χ2n) is 5.35. The smallest absolute Gasteiger partial charge is 0.317 e. The zero-order valence-electron chi connectivity index (χ0n) is 12.3. The van der Waals surface area contributed by atoms with Crippen LogP contribution in [0.1, 0.15) is 30.9 Å². The first-order valence-electron chi connectivity index (χ1n) is 7.25. The molecule has 0 bridgehead atoms. The number of esters is 1. The predicted octanol–water partition coefficient (Wildman–Crippen LogP) is 2.55. The van der Waals surface area contributed by atoms with E-state index < -0.39 is 11.9 Å². The number of methoxy groups -OCH3 is 1. The fourth-order valence-corrected chi connectivity index (χ4v) is 3.20. The minimum Gasteiger partial charge on any atom is -0.497 e. The van der Waals surface area contributed by atoms with Gasteiger partial charge in [0.05, 0.1) is 13.7 Å². The number of allylic oxidation sites excluding steroid dienone is 2. The second-order valence-corrected chi connectivity index (χ2v) is 5.35. The Morgan fingerprint density at radius 1 is 1.29 bits per heavy atom. The van der Waals surface area contributed by atoms with Crippen LogP contribution in [0.25, 0.3) is 5.57 Å². The van der Waals surface area contributed by atoms with E-state index in [9.17, 15) is 9.59 Å². The first-order valence-corrected chi connectivity index (χ1v) is 7.25. The Morgan fingerprint density at radius 2 is 2.10 bits per heavy atom. The number of rotatable bonds is 3. The molecule has 1 atom stereocenters. The van der Waals surface area contributed by atoms with Crippen LogP contribution in [0.5, 0.6) is 5.75 Å². The van der Waals surface area contributed by atoms with Crippen molar-refractivity contribution in [1.82, 2.24) is 0 Å². The average Bonchev–Trinajstić information content (AvgIpc) is 2.84. The second kappa shape index (κ2) is 5.35. The zero-order valence-corrected chi connectivity index (χ0v) is 12.3. The Hall–Kier alpha value is -2.10. The zero-order chi connectivity index (χ0) is 15.0. The van der Waals surface area contributed by atoms with Gasteiger partial charge in [-0.1, -0.05) is 6.07 Å². The monoisotopic (exact) mass is 286 g/mol. The molecular weight excluding hydrogens is 268 g/mol. The molecule has 4 nitrogen and oxygen atoms in total. The molecule has 1 aromatic carbocycles. The van der Waals surface area contributed by atoms with Crippen LogP contribution < -0.4 is 4.74 Å². The number of hydrogen-bond acceptors (Lipinski definition) is 4. The third-order valence-corrected chi connectivity index (χ3v) is 4.24. The van der Waals surface area contributed by atoms with Gasteiger partial charge in [0.2, 0.25) is 0 Å². The van der Waals surface area contributed by atoms with Gasteiger partial charge in [-0.2, -0.15) is 0 Å². The van der Waals surface area contributed by atoms with E-state index in [4.69, 9.17) is 9.47 Å². The maximum absolute atomic E-state index is 12.4. The Kier molecular flexibility index (Phi) is 3.53. The molecule has 4 heteroatoms. The van der Waals surface area contributed by atoms with E-state index in [-0.39, 0.29) is 5.78 Å². The fourth-order valence-electron chi connectivity index (χ4n) is 3.20. The third kappa shape index (κ3) is 2.24. The normalized spacial score (nSPS) is 20.1. The molecule has 0 heterocycles. The molecule has 0 fully saturated rings. The van der Waals surface area contributed by atoms with E-state index in [1.54, 1.807) is 14.0 Å². The number of ketones is 1. The van der Waals surface area contributed by atoms with Crippen LogP contribution in [0.2, 0.25) is 0 Å². The minimum absolute atomic E-state index is 0.0584. The number of benzene rings is 1. The molecule has 3 rings (SSSR count). The van der Waals surface area contributed by atoms with Crippen LogP contribution in [0, 0.1) is 5.92 Å². The van der Waals surface area contributed by atoms with Gasteiger partial charge in [0.15, 0.2) is 5.78 Å². The van der Waals surface area contributed by atoms with Crippen molar-refractivity contribution in [1.29, 1.82) is 0 Å². The minimum atomic E-state index is -0.660. The molecule has 1 unspecified atom stereocenters. The molecule has 2 aliphatic carbocycles. The van der Waals surface area contributed by atoms with Crippen LogP contribution in [-0.2, 0) is 20.7 Å². The molecule has 21 heavy (non-hydrogen) atoms. The molecule has 110 valence electrons. The van der Waals surface area contributed by atoms with Crippen molar-refractivity contribution in [2.24, 2.45) is 5.92 Å². The molecule has 0 saturated carbocycles. The molecule has 1 aromatic rings. The summed E-state index contributed by atoms with van der Waals surface area (Å²) in [7, 11) is 1.63. The van der Waals surface area contributed by atoms with Crippen molar-refractivity contribution in [2.75, 3.05) is 13.7 Å². The summed E-state index contributed by atoms with van der Waals surface area (Å²) in [6, 6.07) is 5.94. The summed E-state index contributed by atoms with van der Waals surface area (Å²) in [6.07, 6.45) is 2.00. The third-order valence-electron chi connectivity index (χ3n) is 4.24. The molecule has 0 aromatic heterocycles. The van der Waals surface area contributed by atoms with E-state index in [2.05, 4.69) is 0 Å².